The number of carbonyl (C=O) groups excluding carboxylic acids is 4. The maximum atomic E-state index is 13.0. The predicted molar refractivity (Wildman–Crippen MR) is 112 cm³/mol. The van der Waals surface area contributed by atoms with Gasteiger partial charge in [0.1, 0.15) is 6.04 Å². The van der Waals surface area contributed by atoms with Gasteiger partial charge in [-0.05, 0) is 54.8 Å². The van der Waals surface area contributed by atoms with Crippen LogP contribution in [0.1, 0.15) is 65.8 Å². The zero-order chi connectivity index (χ0) is 21.9. The van der Waals surface area contributed by atoms with E-state index in [1.165, 1.54) is 12.8 Å². The average Bonchev–Trinajstić information content (AvgIpc) is 2.98. The van der Waals surface area contributed by atoms with Crippen molar-refractivity contribution < 1.29 is 19.2 Å². The summed E-state index contributed by atoms with van der Waals surface area (Å²) in [6.45, 7) is 6.27. The van der Waals surface area contributed by atoms with Gasteiger partial charge in [0.05, 0.1) is 11.1 Å². The van der Waals surface area contributed by atoms with Crippen LogP contribution in [0, 0.1) is 11.3 Å². The first-order valence-electron chi connectivity index (χ1n) is 11.1. The molecule has 1 aromatic rings. The lowest BCUT2D eigenvalue weighted by molar-refractivity contribution is -0.136. The standard InChI is InChI=1S/C23H28N4O4/c1-23(2)18-14(4-3-9-24-18)19(23)25-11-12-5-6-13-15(10-12)22(31)27(21(13)30)16-7-8-17(28)26-20(16)29/h5-6,10,14,16,18-19,24-25H,3-4,7-9,11H2,1-2H3,(H,26,28,29). The molecule has 8 heteroatoms. The van der Waals surface area contributed by atoms with Crippen molar-refractivity contribution in [3.05, 3.63) is 34.9 Å². The summed E-state index contributed by atoms with van der Waals surface area (Å²) in [5, 5.41) is 9.54. The largest absolute Gasteiger partial charge is 0.313 e. The van der Waals surface area contributed by atoms with Crippen molar-refractivity contribution in [3.63, 3.8) is 0 Å². The number of nitrogens with zero attached hydrogens (tertiary/aromatic N) is 1. The Balaban J connectivity index is 1.30. The molecule has 0 spiro atoms. The molecule has 1 saturated carbocycles. The minimum absolute atomic E-state index is 0.118. The van der Waals surface area contributed by atoms with Gasteiger partial charge in [-0.2, -0.15) is 0 Å². The zero-order valence-electron chi connectivity index (χ0n) is 17.9. The van der Waals surface area contributed by atoms with Gasteiger partial charge in [-0.1, -0.05) is 19.9 Å². The first kappa shape index (κ1) is 20.3. The molecule has 8 nitrogen and oxygen atoms in total. The molecule has 1 aromatic carbocycles. The highest BCUT2D eigenvalue weighted by Gasteiger charge is 2.56. The van der Waals surface area contributed by atoms with Crippen LogP contribution in [0.2, 0.25) is 0 Å². The molecule has 4 amide bonds. The Morgan fingerprint density at radius 3 is 2.65 bits per heavy atom. The number of imide groups is 2. The number of nitrogens with one attached hydrogen (secondary N) is 3. The highest BCUT2D eigenvalue weighted by Crippen LogP contribution is 2.49. The number of fused-ring (bicyclic) bond motifs is 2. The predicted octanol–water partition coefficient (Wildman–Crippen LogP) is 0.954. The molecule has 3 fully saturated rings. The SMILES string of the molecule is CC1(C)C2NCCCC2C1NCc1ccc2c(c1)C(=O)N(C1CCC(=O)NC1=O)C2=O. The van der Waals surface area contributed by atoms with E-state index in [0.717, 1.165) is 17.0 Å². The fourth-order valence-electron chi connectivity index (χ4n) is 5.98. The van der Waals surface area contributed by atoms with Gasteiger partial charge in [0.2, 0.25) is 11.8 Å². The van der Waals surface area contributed by atoms with E-state index in [1.54, 1.807) is 12.1 Å². The molecule has 5 rings (SSSR count). The van der Waals surface area contributed by atoms with E-state index in [2.05, 4.69) is 29.8 Å². The van der Waals surface area contributed by atoms with Crippen molar-refractivity contribution in [2.45, 2.75) is 64.2 Å². The van der Waals surface area contributed by atoms with Crippen LogP contribution in [0.25, 0.3) is 0 Å². The van der Waals surface area contributed by atoms with Crippen molar-refractivity contribution in [1.29, 1.82) is 0 Å². The molecule has 0 radical (unpaired) electrons. The molecule has 4 atom stereocenters. The van der Waals surface area contributed by atoms with Crippen LogP contribution < -0.4 is 16.0 Å². The van der Waals surface area contributed by atoms with Crippen molar-refractivity contribution in [2.75, 3.05) is 6.54 Å². The van der Waals surface area contributed by atoms with Crippen LogP contribution in [-0.2, 0) is 16.1 Å². The quantitative estimate of drug-likeness (QED) is 0.622. The molecular formula is C23H28N4O4. The topological polar surface area (TPSA) is 108 Å². The van der Waals surface area contributed by atoms with Crippen LogP contribution in [0.4, 0.5) is 0 Å². The van der Waals surface area contributed by atoms with Gasteiger partial charge in [-0.3, -0.25) is 29.4 Å². The Hall–Kier alpha value is -2.58. The Labute approximate surface area is 181 Å². The minimum Gasteiger partial charge on any atom is -0.313 e. The summed E-state index contributed by atoms with van der Waals surface area (Å²) in [5.74, 6) is -1.28. The van der Waals surface area contributed by atoms with Crippen LogP contribution >= 0.6 is 0 Å². The molecule has 0 bridgehead atoms. The maximum absolute atomic E-state index is 13.0. The van der Waals surface area contributed by atoms with Gasteiger partial charge in [-0.15, -0.1) is 0 Å². The van der Waals surface area contributed by atoms with E-state index in [0.29, 0.717) is 35.7 Å². The Morgan fingerprint density at radius 2 is 1.87 bits per heavy atom. The Bertz CT molecular complexity index is 988. The second-order valence-corrected chi connectivity index (χ2v) is 9.74. The van der Waals surface area contributed by atoms with Crippen molar-refractivity contribution in [1.82, 2.24) is 20.9 Å². The van der Waals surface area contributed by atoms with Crippen molar-refractivity contribution in [3.8, 4) is 0 Å². The Kier molecular flexibility index (Phi) is 4.75. The summed E-state index contributed by atoms with van der Waals surface area (Å²) < 4.78 is 0. The van der Waals surface area contributed by atoms with Crippen molar-refractivity contribution in [2.24, 2.45) is 11.3 Å². The molecule has 31 heavy (non-hydrogen) atoms. The van der Waals surface area contributed by atoms with Gasteiger partial charge in [0.15, 0.2) is 0 Å². The van der Waals surface area contributed by atoms with Crippen LogP contribution in [0.5, 0.6) is 0 Å². The number of amides is 4. The molecular weight excluding hydrogens is 396 g/mol. The van der Waals surface area contributed by atoms with Crippen LogP contribution in [0.15, 0.2) is 18.2 Å². The molecule has 0 aromatic heterocycles. The summed E-state index contributed by atoms with van der Waals surface area (Å²) in [7, 11) is 0. The van der Waals surface area contributed by atoms with E-state index in [9.17, 15) is 19.2 Å². The first-order chi connectivity index (χ1) is 14.8. The molecule has 3 N–H and O–H groups in total. The summed E-state index contributed by atoms with van der Waals surface area (Å²) in [6.07, 6.45) is 2.70. The number of piperidine rings is 2. The highest BCUT2D eigenvalue weighted by molar-refractivity contribution is 6.23. The Morgan fingerprint density at radius 1 is 1.10 bits per heavy atom. The van der Waals surface area contributed by atoms with Gasteiger partial charge in [-0.25, -0.2) is 0 Å². The highest BCUT2D eigenvalue weighted by atomic mass is 16.2. The average molecular weight is 425 g/mol. The molecule has 4 aliphatic rings. The van der Waals surface area contributed by atoms with E-state index in [-0.39, 0.29) is 24.2 Å². The molecule has 164 valence electrons. The summed E-state index contributed by atoms with van der Waals surface area (Å²) in [6, 6.07) is 5.31. The molecule has 4 unspecified atom stereocenters. The molecule has 2 saturated heterocycles. The fourth-order valence-corrected chi connectivity index (χ4v) is 5.98. The normalized spacial score (nSPS) is 31.7. The zero-order valence-corrected chi connectivity index (χ0v) is 17.9. The monoisotopic (exact) mass is 424 g/mol. The van der Waals surface area contributed by atoms with Crippen LogP contribution in [-0.4, -0.2) is 53.2 Å². The second kappa shape index (κ2) is 7.24. The number of hydrogen-bond donors (Lipinski definition) is 3. The number of benzene rings is 1. The third kappa shape index (κ3) is 3.11. The van der Waals surface area contributed by atoms with Gasteiger partial charge < -0.3 is 10.6 Å². The third-order valence-corrected chi connectivity index (χ3v) is 7.57. The second-order valence-electron chi connectivity index (χ2n) is 9.74. The summed E-state index contributed by atoms with van der Waals surface area (Å²) in [5.41, 5.74) is 1.75. The maximum Gasteiger partial charge on any atom is 0.262 e. The summed E-state index contributed by atoms with van der Waals surface area (Å²) in [4.78, 5) is 50.5. The lowest BCUT2D eigenvalue weighted by atomic mass is 9.53. The third-order valence-electron chi connectivity index (χ3n) is 7.57. The van der Waals surface area contributed by atoms with E-state index < -0.39 is 23.8 Å². The smallest absolute Gasteiger partial charge is 0.262 e. The van der Waals surface area contributed by atoms with E-state index in [1.807, 2.05) is 6.07 Å². The molecule has 1 aliphatic carbocycles. The minimum atomic E-state index is -0.932. The number of carbonyl (C=O) groups is 4. The van der Waals surface area contributed by atoms with Gasteiger partial charge >= 0.3 is 0 Å². The number of hydrogen-bond acceptors (Lipinski definition) is 6. The first-order valence-corrected chi connectivity index (χ1v) is 11.1. The summed E-state index contributed by atoms with van der Waals surface area (Å²) >= 11 is 0. The molecule has 3 heterocycles. The van der Waals surface area contributed by atoms with Crippen LogP contribution in [0.3, 0.4) is 0 Å². The van der Waals surface area contributed by atoms with E-state index >= 15 is 0 Å². The number of rotatable bonds is 4. The lowest BCUT2D eigenvalue weighted by Crippen LogP contribution is -2.73. The van der Waals surface area contributed by atoms with Gasteiger partial charge in [0, 0.05) is 25.0 Å². The fraction of sp³-hybridized carbons (Fsp3) is 0.565. The molecule has 3 aliphatic heterocycles. The van der Waals surface area contributed by atoms with Crippen molar-refractivity contribution >= 4 is 23.6 Å². The van der Waals surface area contributed by atoms with Gasteiger partial charge in [0.25, 0.3) is 11.8 Å². The lowest BCUT2D eigenvalue weighted by Gasteiger charge is -2.61. The van der Waals surface area contributed by atoms with E-state index in [4.69, 9.17) is 0 Å².